The number of nitrogens with one attached hydrogen (secondary N) is 1. The molecule has 1 aromatic carbocycles. The Hall–Kier alpha value is -1.20. The van der Waals surface area contributed by atoms with Crippen molar-refractivity contribution >= 4 is 18.5 Å². The first kappa shape index (κ1) is 12.9. The average molecular weight is 241 g/mol. The summed E-state index contributed by atoms with van der Waals surface area (Å²) in [5.41, 5.74) is 0.656. The third-order valence-electron chi connectivity index (χ3n) is 2.11. The number of phenolic OH excluding ortho intramolecular Hbond substituents is 1. The fourth-order valence-corrected chi connectivity index (χ4v) is 1.42. The van der Waals surface area contributed by atoms with Crippen LogP contribution in [0.3, 0.4) is 0 Å². The minimum Gasteiger partial charge on any atom is -0.508 e. The lowest BCUT2D eigenvalue weighted by atomic mass is 10.1. The molecular formula is C11H15NO3S. The van der Waals surface area contributed by atoms with E-state index in [0.717, 1.165) is 0 Å². The lowest BCUT2D eigenvalue weighted by Gasteiger charge is -2.12. The highest BCUT2D eigenvalue weighted by atomic mass is 32.1. The Morgan fingerprint density at radius 2 is 2.00 bits per heavy atom. The lowest BCUT2D eigenvalue weighted by Crippen LogP contribution is -2.28. The van der Waals surface area contributed by atoms with Crippen molar-refractivity contribution in [3.05, 3.63) is 29.8 Å². The summed E-state index contributed by atoms with van der Waals surface area (Å²) in [6.07, 6.45) is -0.421. The molecule has 16 heavy (non-hydrogen) atoms. The van der Waals surface area contributed by atoms with Crippen LogP contribution in [0, 0.1) is 0 Å². The number of hydrogen-bond donors (Lipinski definition) is 4. The van der Waals surface area contributed by atoms with Crippen LogP contribution in [0.2, 0.25) is 0 Å². The molecule has 0 saturated heterocycles. The van der Waals surface area contributed by atoms with Gasteiger partial charge in [0.25, 0.3) is 0 Å². The molecule has 1 rings (SSSR count). The van der Waals surface area contributed by atoms with Gasteiger partial charge in [0.05, 0.1) is 6.10 Å². The van der Waals surface area contributed by atoms with Gasteiger partial charge in [-0.15, -0.1) is 0 Å². The Bertz CT molecular complexity index is 340. The molecule has 0 aromatic heterocycles. The molecule has 5 heteroatoms. The molecule has 0 fully saturated rings. The summed E-state index contributed by atoms with van der Waals surface area (Å²) in [7, 11) is 0. The molecule has 1 amide bonds. The normalized spacial score (nSPS) is 12.1. The van der Waals surface area contributed by atoms with Crippen LogP contribution >= 0.6 is 12.6 Å². The quantitative estimate of drug-likeness (QED) is 0.578. The van der Waals surface area contributed by atoms with Crippen LogP contribution < -0.4 is 5.32 Å². The van der Waals surface area contributed by atoms with Crippen molar-refractivity contribution in [3.8, 4) is 5.75 Å². The molecule has 1 atom stereocenters. The van der Waals surface area contributed by atoms with Gasteiger partial charge in [0, 0.05) is 13.0 Å². The van der Waals surface area contributed by atoms with E-state index >= 15 is 0 Å². The highest BCUT2D eigenvalue weighted by Gasteiger charge is 2.08. The summed E-state index contributed by atoms with van der Waals surface area (Å²) in [5, 5.41) is 21.4. The maximum absolute atomic E-state index is 11.1. The van der Waals surface area contributed by atoms with E-state index in [4.69, 9.17) is 5.11 Å². The summed E-state index contributed by atoms with van der Waals surface area (Å²) < 4.78 is 0. The van der Waals surface area contributed by atoms with Crippen LogP contribution in [0.15, 0.2) is 24.3 Å². The van der Waals surface area contributed by atoms with E-state index in [1.807, 2.05) is 0 Å². The molecule has 0 aliphatic carbocycles. The van der Waals surface area contributed by atoms with E-state index in [0.29, 0.717) is 17.7 Å². The van der Waals surface area contributed by atoms with Gasteiger partial charge in [-0.1, -0.05) is 12.1 Å². The smallest absolute Gasteiger partial charge is 0.220 e. The Balaban J connectivity index is 2.43. The standard InChI is InChI=1S/C11H15NO3S/c13-9-3-1-8(2-4-9)10(14)7-12-11(15)5-6-16/h1-4,10,13-14,16H,5-7H2,(H,12,15). The summed E-state index contributed by atoms with van der Waals surface area (Å²) >= 11 is 3.93. The first-order chi connectivity index (χ1) is 7.63. The lowest BCUT2D eigenvalue weighted by molar-refractivity contribution is -0.121. The van der Waals surface area contributed by atoms with Gasteiger partial charge >= 0.3 is 0 Å². The number of hydrogen-bond acceptors (Lipinski definition) is 4. The predicted molar refractivity (Wildman–Crippen MR) is 64.5 cm³/mol. The molecule has 0 bridgehead atoms. The number of carbonyl (C=O) groups is 1. The molecule has 3 N–H and O–H groups in total. The monoisotopic (exact) mass is 241 g/mol. The zero-order chi connectivity index (χ0) is 12.0. The van der Waals surface area contributed by atoms with Crippen LogP contribution in [0.4, 0.5) is 0 Å². The van der Waals surface area contributed by atoms with Gasteiger partial charge in [0.15, 0.2) is 0 Å². The molecule has 0 spiro atoms. The van der Waals surface area contributed by atoms with Crippen LogP contribution in [-0.4, -0.2) is 28.4 Å². The van der Waals surface area contributed by atoms with Crippen molar-refractivity contribution in [1.29, 1.82) is 0 Å². The zero-order valence-electron chi connectivity index (χ0n) is 8.76. The largest absolute Gasteiger partial charge is 0.508 e. The van der Waals surface area contributed by atoms with Crippen LogP contribution in [0.25, 0.3) is 0 Å². The summed E-state index contributed by atoms with van der Waals surface area (Å²) in [6, 6.07) is 6.22. The van der Waals surface area contributed by atoms with Crippen molar-refractivity contribution in [2.24, 2.45) is 0 Å². The summed E-state index contributed by atoms with van der Waals surface area (Å²) in [6.45, 7) is 0.164. The Kier molecular flexibility index (Phi) is 5.14. The number of aliphatic hydroxyl groups excluding tert-OH is 1. The third kappa shape index (κ3) is 4.12. The minimum absolute atomic E-state index is 0.132. The van der Waals surface area contributed by atoms with E-state index in [1.165, 1.54) is 12.1 Å². The van der Waals surface area contributed by atoms with Gasteiger partial charge in [0.2, 0.25) is 5.91 Å². The van der Waals surface area contributed by atoms with Crippen molar-refractivity contribution in [1.82, 2.24) is 5.32 Å². The van der Waals surface area contributed by atoms with Gasteiger partial charge in [-0.05, 0) is 23.4 Å². The maximum Gasteiger partial charge on any atom is 0.220 e. The molecule has 1 unspecified atom stereocenters. The number of thiol groups is 1. The highest BCUT2D eigenvalue weighted by molar-refractivity contribution is 7.80. The maximum atomic E-state index is 11.1. The number of phenols is 1. The second kappa shape index (κ2) is 6.40. The molecule has 88 valence electrons. The molecule has 0 heterocycles. The molecule has 0 aliphatic heterocycles. The number of rotatable bonds is 5. The van der Waals surface area contributed by atoms with E-state index in [9.17, 15) is 9.90 Å². The Morgan fingerprint density at radius 1 is 1.38 bits per heavy atom. The van der Waals surface area contributed by atoms with E-state index in [2.05, 4.69) is 17.9 Å². The molecule has 0 radical (unpaired) electrons. The van der Waals surface area contributed by atoms with E-state index in [-0.39, 0.29) is 18.2 Å². The predicted octanol–water partition coefficient (Wildman–Crippen LogP) is 0.862. The third-order valence-corrected chi connectivity index (χ3v) is 2.33. The Morgan fingerprint density at radius 3 is 2.56 bits per heavy atom. The number of aliphatic hydroxyl groups is 1. The van der Waals surface area contributed by atoms with E-state index in [1.54, 1.807) is 12.1 Å². The highest BCUT2D eigenvalue weighted by Crippen LogP contribution is 2.15. The van der Waals surface area contributed by atoms with Crippen molar-refractivity contribution in [2.45, 2.75) is 12.5 Å². The summed E-state index contributed by atoms with van der Waals surface area (Å²) in [4.78, 5) is 11.1. The molecular weight excluding hydrogens is 226 g/mol. The van der Waals surface area contributed by atoms with Gasteiger partial charge in [-0.25, -0.2) is 0 Å². The van der Waals surface area contributed by atoms with Gasteiger partial charge in [0.1, 0.15) is 5.75 Å². The van der Waals surface area contributed by atoms with Crippen molar-refractivity contribution in [3.63, 3.8) is 0 Å². The topological polar surface area (TPSA) is 69.6 Å². The first-order valence-corrected chi connectivity index (χ1v) is 5.61. The fraction of sp³-hybridized carbons (Fsp3) is 0.364. The van der Waals surface area contributed by atoms with E-state index < -0.39 is 6.10 Å². The zero-order valence-corrected chi connectivity index (χ0v) is 9.65. The van der Waals surface area contributed by atoms with Crippen LogP contribution in [0.5, 0.6) is 5.75 Å². The van der Waals surface area contributed by atoms with Crippen LogP contribution in [-0.2, 0) is 4.79 Å². The molecule has 0 saturated carbocycles. The van der Waals surface area contributed by atoms with Gasteiger partial charge in [-0.2, -0.15) is 12.6 Å². The molecule has 0 aliphatic rings. The van der Waals surface area contributed by atoms with Crippen LogP contribution in [0.1, 0.15) is 18.1 Å². The number of amides is 1. The molecule has 4 nitrogen and oxygen atoms in total. The van der Waals surface area contributed by atoms with Gasteiger partial charge < -0.3 is 15.5 Å². The minimum atomic E-state index is -0.760. The van der Waals surface area contributed by atoms with Crippen molar-refractivity contribution < 1.29 is 15.0 Å². The average Bonchev–Trinajstić information content (AvgIpc) is 2.27. The Labute approximate surface area is 99.7 Å². The van der Waals surface area contributed by atoms with Gasteiger partial charge in [-0.3, -0.25) is 4.79 Å². The number of benzene rings is 1. The second-order valence-corrected chi connectivity index (χ2v) is 3.83. The first-order valence-electron chi connectivity index (χ1n) is 4.98. The number of aromatic hydroxyl groups is 1. The second-order valence-electron chi connectivity index (χ2n) is 3.39. The fourth-order valence-electron chi connectivity index (χ4n) is 1.21. The summed E-state index contributed by atoms with van der Waals surface area (Å²) in [5.74, 6) is 0.504. The van der Waals surface area contributed by atoms with Crippen molar-refractivity contribution in [2.75, 3.05) is 12.3 Å². The number of carbonyl (C=O) groups excluding carboxylic acids is 1. The molecule has 1 aromatic rings. The SMILES string of the molecule is O=C(CCS)NCC(O)c1ccc(O)cc1.